The molecule has 8 heteroatoms. The van der Waals surface area contributed by atoms with Gasteiger partial charge in [0.2, 0.25) is 0 Å². The lowest BCUT2D eigenvalue weighted by molar-refractivity contribution is -0.00454. The number of likely N-dealkylation sites (tertiary alicyclic amines) is 1. The van der Waals surface area contributed by atoms with Crippen molar-refractivity contribution in [2.45, 2.75) is 120 Å². The first-order valence-electron chi connectivity index (χ1n) is 17.0. The number of amides is 2. The Labute approximate surface area is 272 Å². The van der Waals surface area contributed by atoms with E-state index in [9.17, 15) is 14.7 Å². The van der Waals surface area contributed by atoms with E-state index in [0.717, 1.165) is 61.0 Å². The third-order valence-corrected chi connectivity index (χ3v) is 10.6. The zero-order valence-corrected chi connectivity index (χ0v) is 27.2. The van der Waals surface area contributed by atoms with Crippen molar-refractivity contribution in [3.05, 3.63) is 101 Å². The second-order valence-electron chi connectivity index (χ2n) is 14.6. The Morgan fingerprint density at radius 2 is 1.48 bits per heavy atom. The van der Waals surface area contributed by atoms with Gasteiger partial charge in [-0.2, -0.15) is 0 Å². The molecule has 7 unspecified atom stereocenters. The maximum atomic E-state index is 14.0. The van der Waals surface area contributed by atoms with Crippen LogP contribution in [0.3, 0.4) is 0 Å². The van der Waals surface area contributed by atoms with E-state index in [1.165, 1.54) is 0 Å². The molecule has 0 spiro atoms. The Hall–Kier alpha value is -3.75. The molecule has 4 fully saturated rings. The lowest BCUT2D eigenvalue weighted by Crippen LogP contribution is -2.61. The predicted octanol–water partition coefficient (Wildman–Crippen LogP) is 6.15. The van der Waals surface area contributed by atoms with Crippen LogP contribution in [0, 0.1) is 0 Å². The number of piperazine rings is 1. The van der Waals surface area contributed by atoms with Crippen molar-refractivity contribution in [3.8, 4) is 0 Å². The molecule has 0 aliphatic carbocycles. The van der Waals surface area contributed by atoms with Crippen LogP contribution in [-0.2, 0) is 17.7 Å². The minimum atomic E-state index is -0.797. The second-order valence-corrected chi connectivity index (χ2v) is 14.6. The number of hydrogen-bond acceptors (Lipinski definition) is 6. The summed E-state index contributed by atoms with van der Waals surface area (Å²) in [4.78, 5) is 38.7. The van der Waals surface area contributed by atoms with Crippen LogP contribution in [0.1, 0.15) is 92.6 Å². The molecule has 0 radical (unpaired) electrons. The van der Waals surface area contributed by atoms with Gasteiger partial charge in [-0.3, -0.25) is 19.6 Å². The highest BCUT2D eigenvalue weighted by molar-refractivity contribution is 5.95. The molecule has 4 bridgehead atoms. The molecule has 1 aromatic heterocycles. The van der Waals surface area contributed by atoms with E-state index in [1.54, 1.807) is 4.90 Å². The van der Waals surface area contributed by atoms with Gasteiger partial charge in [-0.05, 0) is 101 Å². The average molecular weight is 623 g/mol. The first kappa shape index (κ1) is 30.9. The lowest BCUT2D eigenvalue weighted by Gasteiger charge is -2.46. The van der Waals surface area contributed by atoms with Crippen LogP contribution in [0.25, 0.3) is 0 Å². The molecule has 2 aromatic carbocycles. The van der Waals surface area contributed by atoms with Crippen molar-refractivity contribution >= 4 is 12.0 Å². The Morgan fingerprint density at radius 3 is 2.11 bits per heavy atom. The largest absolute Gasteiger partial charge is 0.444 e. The molecule has 7 rings (SSSR count). The highest BCUT2D eigenvalue weighted by Crippen LogP contribution is 2.47. The van der Waals surface area contributed by atoms with Crippen LogP contribution in [-0.4, -0.2) is 78.6 Å². The fraction of sp³-hybridized carbons (Fsp3) is 0.500. The monoisotopic (exact) mass is 622 g/mol. The molecule has 4 saturated heterocycles. The van der Waals surface area contributed by atoms with Crippen molar-refractivity contribution in [1.82, 2.24) is 19.7 Å². The van der Waals surface area contributed by atoms with E-state index >= 15 is 0 Å². The Balaban J connectivity index is 1.05. The van der Waals surface area contributed by atoms with Gasteiger partial charge in [-0.1, -0.05) is 48.5 Å². The summed E-state index contributed by atoms with van der Waals surface area (Å²) >= 11 is 0. The smallest absolute Gasteiger partial charge is 0.410 e. The lowest BCUT2D eigenvalue weighted by atomic mass is 10.00. The van der Waals surface area contributed by atoms with Crippen molar-refractivity contribution in [2.24, 2.45) is 0 Å². The molecule has 4 aliphatic heterocycles. The summed E-state index contributed by atoms with van der Waals surface area (Å²) in [6, 6.07) is 24.4. The van der Waals surface area contributed by atoms with E-state index in [-0.39, 0.29) is 30.1 Å². The first-order valence-corrected chi connectivity index (χ1v) is 17.0. The molecular formula is C38H46N4O4. The number of pyridine rings is 1. The summed E-state index contributed by atoms with van der Waals surface area (Å²) in [5.41, 5.74) is 3.04. The number of nitrogens with zero attached hydrogens (tertiary/aromatic N) is 4. The fourth-order valence-electron chi connectivity index (χ4n) is 8.68. The van der Waals surface area contributed by atoms with E-state index in [2.05, 4.69) is 26.9 Å². The summed E-state index contributed by atoms with van der Waals surface area (Å²) in [5, 5.41) is 11.3. The van der Waals surface area contributed by atoms with Crippen LogP contribution in [0.5, 0.6) is 0 Å². The number of hydrogen-bond donors (Lipinski definition) is 1. The normalized spacial score (nSPS) is 28.0. The third kappa shape index (κ3) is 5.93. The second kappa shape index (κ2) is 12.5. The Bertz CT molecular complexity index is 1510. The summed E-state index contributed by atoms with van der Waals surface area (Å²) in [6.07, 6.45) is 7.16. The molecule has 7 atom stereocenters. The van der Waals surface area contributed by atoms with Gasteiger partial charge in [0.1, 0.15) is 5.60 Å². The van der Waals surface area contributed by atoms with Crippen molar-refractivity contribution in [1.29, 1.82) is 0 Å². The van der Waals surface area contributed by atoms with E-state index < -0.39 is 17.8 Å². The number of aromatic nitrogens is 1. The van der Waals surface area contributed by atoms with Gasteiger partial charge < -0.3 is 14.7 Å². The average Bonchev–Trinajstić information content (AvgIpc) is 3.72. The van der Waals surface area contributed by atoms with Crippen LogP contribution in [0.2, 0.25) is 0 Å². The van der Waals surface area contributed by atoms with Crippen molar-refractivity contribution in [2.75, 3.05) is 0 Å². The highest BCUT2D eigenvalue weighted by Gasteiger charge is 2.56. The highest BCUT2D eigenvalue weighted by atomic mass is 16.6. The minimum absolute atomic E-state index is 0.113. The van der Waals surface area contributed by atoms with Crippen molar-refractivity contribution in [3.63, 3.8) is 0 Å². The zero-order chi connectivity index (χ0) is 32.0. The maximum Gasteiger partial charge on any atom is 0.410 e. The van der Waals surface area contributed by atoms with Crippen LogP contribution >= 0.6 is 0 Å². The molecule has 8 nitrogen and oxygen atoms in total. The number of aliphatic hydroxyl groups is 1. The molecule has 4 aliphatic rings. The summed E-state index contributed by atoms with van der Waals surface area (Å²) in [7, 11) is 0. The summed E-state index contributed by atoms with van der Waals surface area (Å²) in [6.45, 7) is 6.45. The number of rotatable bonds is 7. The van der Waals surface area contributed by atoms with E-state index in [4.69, 9.17) is 4.74 Å². The molecular weight excluding hydrogens is 576 g/mol. The maximum absolute atomic E-state index is 14.0. The number of benzene rings is 2. The molecule has 1 N–H and O–H groups in total. The van der Waals surface area contributed by atoms with E-state index in [0.29, 0.717) is 24.9 Å². The van der Waals surface area contributed by atoms with Gasteiger partial charge in [0.05, 0.1) is 17.8 Å². The standard InChI is InChI=1S/C38H46N4O4/c1-38(2,3)46-37(45)41-29(16-17-34(41)35(43)26-9-5-4-6-10-26)23-25-12-14-27(15-13-25)36(44)42-32-20-21-33(42)31-19-18-30(32)40(31)24-28-11-7-8-22-39-28/h4-15,22,29-35,43H,16-21,23-24H2,1-3H3. The summed E-state index contributed by atoms with van der Waals surface area (Å²) in [5.74, 6) is 0.135. The van der Waals surface area contributed by atoms with Gasteiger partial charge in [0.15, 0.2) is 0 Å². The summed E-state index contributed by atoms with van der Waals surface area (Å²) < 4.78 is 5.83. The molecule has 5 heterocycles. The first-order chi connectivity index (χ1) is 22.2. The SMILES string of the molecule is CC(C)(C)OC(=O)N1C(Cc2ccc(C(=O)N3C4CCC3C3CCC4N3Cc3ccccn3)cc2)CCC1C(O)c1ccccc1. The topological polar surface area (TPSA) is 86.2 Å². The molecule has 46 heavy (non-hydrogen) atoms. The number of fused-ring (bicyclic) bond motifs is 6. The Kier molecular flexibility index (Phi) is 8.36. The predicted molar refractivity (Wildman–Crippen MR) is 176 cm³/mol. The van der Waals surface area contributed by atoms with Crippen LogP contribution in [0.15, 0.2) is 79.0 Å². The molecule has 0 saturated carbocycles. The molecule has 3 aromatic rings. The number of carbonyl (C=O) groups excluding carboxylic acids is 2. The number of carbonyl (C=O) groups is 2. The van der Waals surface area contributed by atoms with Gasteiger partial charge in [0.25, 0.3) is 5.91 Å². The number of ether oxygens (including phenoxy) is 1. The quantitative estimate of drug-likeness (QED) is 0.341. The fourth-order valence-corrected chi connectivity index (χ4v) is 8.68. The Morgan fingerprint density at radius 1 is 0.826 bits per heavy atom. The van der Waals surface area contributed by atoms with Gasteiger partial charge >= 0.3 is 6.09 Å². The molecule has 242 valence electrons. The third-order valence-electron chi connectivity index (χ3n) is 10.6. The molecule has 2 amide bonds. The van der Waals surface area contributed by atoms with Crippen LogP contribution in [0.4, 0.5) is 4.79 Å². The van der Waals surface area contributed by atoms with Crippen molar-refractivity contribution < 1.29 is 19.4 Å². The number of aliphatic hydroxyl groups excluding tert-OH is 1. The van der Waals surface area contributed by atoms with Crippen LogP contribution < -0.4 is 0 Å². The zero-order valence-electron chi connectivity index (χ0n) is 27.2. The van der Waals surface area contributed by atoms with Gasteiger partial charge in [-0.15, -0.1) is 0 Å². The van der Waals surface area contributed by atoms with Gasteiger partial charge in [-0.25, -0.2) is 4.79 Å². The van der Waals surface area contributed by atoms with Gasteiger partial charge in [0, 0.05) is 48.5 Å². The minimum Gasteiger partial charge on any atom is -0.444 e. The van der Waals surface area contributed by atoms with E-state index in [1.807, 2.05) is 87.6 Å².